The first-order valence-electron chi connectivity index (χ1n) is 8.76. The lowest BCUT2D eigenvalue weighted by Gasteiger charge is -2.32. The quantitative estimate of drug-likeness (QED) is 0.633. The molecule has 0 aliphatic carbocycles. The molecule has 0 aromatic heterocycles. The van der Waals surface area contributed by atoms with Gasteiger partial charge in [0.1, 0.15) is 0 Å². The highest BCUT2D eigenvalue weighted by Crippen LogP contribution is 2.30. The monoisotopic (exact) mass is 488 g/mol. The van der Waals surface area contributed by atoms with Gasteiger partial charge >= 0.3 is 6.18 Å². The number of rotatable bonds is 4. The predicted octanol–water partition coefficient (Wildman–Crippen LogP) is 4.70. The number of benzene rings is 2. The van der Waals surface area contributed by atoms with Gasteiger partial charge in [-0.2, -0.15) is 13.2 Å². The van der Waals surface area contributed by atoms with Crippen LogP contribution in [0.25, 0.3) is 0 Å². The third-order valence-corrected chi connectivity index (χ3v) is 5.34. The van der Waals surface area contributed by atoms with Crippen LogP contribution >= 0.6 is 22.6 Å². The zero-order chi connectivity index (χ0) is 19.4. The Morgan fingerprint density at radius 2 is 1.81 bits per heavy atom. The number of hydrogen-bond acceptors (Lipinski definition) is 2. The highest BCUT2D eigenvalue weighted by Gasteiger charge is 2.30. The van der Waals surface area contributed by atoms with E-state index in [4.69, 9.17) is 0 Å². The second-order valence-corrected chi connectivity index (χ2v) is 7.98. The molecule has 1 heterocycles. The Kier molecular flexibility index (Phi) is 6.41. The van der Waals surface area contributed by atoms with Gasteiger partial charge < -0.3 is 5.32 Å². The number of amides is 1. The molecular weight excluding hydrogens is 468 g/mol. The number of nitrogens with one attached hydrogen (secondary N) is 1. The molecule has 2 aromatic rings. The number of likely N-dealkylation sites (tertiary alicyclic amines) is 1. The van der Waals surface area contributed by atoms with Gasteiger partial charge in [-0.25, -0.2) is 0 Å². The summed E-state index contributed by atoms with van der Waals surface area (Å²) in [5.41, 5.74) is 0.694. The zero-order valence-corrected chi connectivity index (χ0v) is 16.8. The van der Waals surface area contributed by atoms with Crippen LogP contribution in [0.5, 0.6) is 0 Å². The molecule has 3 nitrogen and oxygen atoms in total. The van der Waals surface area contributed by atoms with Gasteiger partial charge in [0.2, 0.25) is 0 Å². The standard InChI is InChI=1S/C20H20F3IN2O/c21-20(22,23)16-5-1-3-14(11-16)13-26-9-7-18(8-10-26)25-19(27)15-4-2-6-17(24)12-15/h1-6,11-12,18H,7-10,13H2,(H,25,27). The van der Waals surface area contributed by atoms with Crippen LogP contribution in [0.15, 0.2) is 48.5 Å². The Morgan fingerprint density at radius 1 is 1.11 bits per heavy atom. The third-order valence-electron chi connectivity index (χ3n) is 4.67. The van der Waals surface area contributed by atoms with E-state index in [0.717, 1.165) is 35.6 Å². The van der Waals surface area contributed by atoms with Crippen LogP contribution in [0.4, 0.5) is 13.2 Å². The number of alkyl halides is 3. The first-order chi connectivity index (χ1) is 12.8. The van der Waals surface area contributed by atoms with Crippen molar-refractivity contribution in [3.05, 3.63) is 68.8 Å². The van der Waals surface area contributed by atoms with Crippen LogP contribution in [-0.2, 0) is 12.7 Å². The number of carbonyl (C=O) groups is 1. The van der Waals surface area contributed by atoms with Crippen LogP contribution in [0.1, 0.15) is 34.3 Å². The van der Waals surface area contributed by atoms with E-state index in [-0.39, 0.29) is 11.9 Å². The maximum atomic E-state index is 12.8. The Morgan fingerprint density at radius 3 is 2.48 bits per heavy atom. The van der Waals surface area contributed by atoms with Crippen molar-refractivity contribution in [2.75, 3.05) is 13.1 Å². The van der Waals surface area contributed by atoms with E-state index in [0.29, 0.717) is 17.7 Å². The van der Waals surface area contributed by atoms with Crippen molar-refractivity contribution in [1.82, 2.24) is 10.2 Å². The van der Waals surface area contributed by atoms with E-state index in [1.807, 2.05) is 18.2 Å². The number of nitrogens with zero attached hydrogens (tertiary/aromatic N) is 1. The van der Waals surface area contributed by atoms with Gasteiger partial charge in [0.15, 0.2) is 0 Å². The van der Waals surface area contributed by atoms with Crippen LogP contribution in [0, 0.1) is 3.57 Å². The van der Waals surface area contributed by atoms with Crippen LogP contribution in [0.2, 0.25) is 0 Å². The minimum atomic E-state index is -4.32. The normalized spacial score (nSPS) is 16.3. The summed E-state index contributed by atoms with van der Waals surface area (Å²) in [5.74, 6) is -0.0788. The lowest BCUT2D eigenvalue weighted by atomic mass is 10.0. The highest BCUT2D eigenvalue weighted by molar-refractivity contribution is 14.1. The molecule has 0 spiro atoms. The molecule has 0 bridgehead atoms. The highest BCUT2D eigenvalue weighted by atomic mass is 127. The Bertz CT molecular complexity index is 802. The zero-order valence-electron chi connectivity index (χ0n) is 14.6. The minimum absolute atomic E-state index is 0.0788. The first-order valence-corrected chi connectivity index (χ1v) is 9.84. The largest absolute Gasteiger partial charge is 0.416 e. The van der Waals surface area contributed by atoms with Gasteiger partial charge in [0.25, 0.3) is 5.91 Å². The summed E-state index contributed by atoms with van der Waals surface area (Å²) in [6, 6.07) is 13.0. The second kappa shape index (κ2) is 8.60. The minimum Gasteiger partial charge on any atom is -0.349 e. The van der Waals surface area contributed by atoms with Crippen molar-refractivity contribution in [3.8, 4) is 0 Å². The van der Waals surface area contributed by atoms with Crippen molar-refractivity contribution < 1.29 is 18.0 Å². The fourth-order valence-corrected chi connectivity index (χ4v) is 3.78. The maximum Gasteiger partial charge on any atom is 0.416 e. The molecule has 1 saturated heterocycles. The van der Waals surface area contributed by atoms with E-state index in [1.54, 1.807) is 12.1 Å². The van der Waals surface area contributed by atoms with Crippen molar-refractivity contribution in [1.29, 1.82) is 0 Å². The SMILES string of the molecule is O=C(NC1CCN(Cc2cccc(C(F)(F)F)c2)CC1)c1cccc(I)c1. The van der Waals surface area contributed by atoms with E-state index >= 15 is 0 Å². The van der Waals surface area contributed by atoms with Crippen molar-refractivity contribution in [2.24, 2.45) is 0 Å². The summed E-state index contributed by atoms with van der Waals surface area (Å²) in [6.07, 6.45) is -2.74. The van der Waals surface area contributed by atoms with E-state index in [9.17, 15) is 18.0 Å². The molecule has 0 unspecified atom stereocenters. The molecule has 1 amide bonds. The third kappa shape index (κ3) is 5.68. The van der Waals surface area contributed by atoms with Gasteiger partial charge in [-0.05, 0) is 65.3 Å². The summed E-state index contributed by atoms with van der Waals surface area (Å²) in [4.78, 5) is 14.5. The van der Waals surface area contributed by atoms with Gasteiger partial charge in [-0.1, -0.05) is 24.3 Å². The van der Waals surface area contributed by atoms with Crippen LogP contribution in [0.3, 0.4) is 0 Å². The van der Waals surface area contributed by atoms with Gasteiger partial charge in [0.05, 0.1) is 5.56 Å². The molecule has 2 aromatic carbocycles. The van der Waals surface area contributed by atoms with Gasteiger partial charge in [-0.15, -0.1) is 0 Å². The van der Waals surface area contributed by atoms with Crippen LogP contribution < -0.4 is 5.32 Å². The molecule has 1 aliphatic rings. The fourth-order valence-electron chi connectivity index (χ4n) is 3.24. The topological polar surface area (TPSA) is 32.3 Å². The van der Waals surface area contributed by atoms with E-state index in [1.165, 1.54) is 12.1 Å². The van der Waals surface area contributed by atoms with Gasteiger partial charge in [0, 0.05) is 34.8 Å². The molecule has 27 heavy (non-hydrogen) atoms. The number of carbonyl (C=O) groups excluding carboxylic acids is 1. The molecule has 1 fully saturated rings. The summed E-state index contributed by atoms with van der Waals surface area (Å²) in [7, 11) is 0. The van der Waals surface area contributed by atoms with Gasteiger partial charge in [-0.3, -0.25) is 9.69 Å². The first kappa shape index (κ1) is 20.1. The molecule has 0 radical (unpaired) electrons. The molecule has 1 aliphatic heterocycles. The molecule has 144 valence electrons. The van der Waals surface area contributed by atoms with E-state index in [2.05, 4.69) is 32.8 Å². The Hall–Kier alpha value is -1.61. The second-order valence-electron chi connectivity index (χ2n) is 6.73. The Labute approximate surface area is 170 Å². The van der Waals surface area contributed by atoms with Crippen LogP contribution in [-0.4, -0.2) is 29.9 Å². The van der Waals surface area contributed by atoms with E-state index < -0.39 is 11.7 Å². The fraction of sp³-hybridized carbons (Fsp3) is 0.350. The lowest BCUT2D eigenvalue weighted by molar-refractivity contribution is -0.137. The Balaban J connectivity index is 1.51. The summed E-state index contributed by atoms with van der Waals surface area (Å²) >= 11 is 2.17. The van der Waals surface area contributed by atoms with Crippen molar-refractivity contribution in [2.45, 2.75) is 31.6 Å². The number of hydrogen-bond donors (Lipinski definition) is 1. The smallest absolute Gasteiger partial charge is 0.349 e. The van der Waals surface area contributed by atoms with Crippen molar-refractivity contribution >= 4 is 28.5 Å². The molecule has 0 saturated carbocycles. The predicted molar refractivity (Wildman–Crippen MR) is 106 cm³/mol. The lowest BCUT2D eigenvalue weighted by Crippen LogP contribution is -2.44. The maximum absolute atomic E-state index is 12.8. The summed E-state index contributed by atoms with van der Waals surface area (Å²) < 4.78 is 39.5. The molecule has 7 heteroatoms. The number of halogens is 4. The number of piperidine rings is 1. The van der Waals surface area contributed by atoms with Crippen molar-refractivity contribution in [3.63, 3.8) is 0 Å². The molecule has 1 N–H and O–H groups in total. The molecular formula is C20H20F3IN2O. The summed E-state index contributed by atoms with van der Waals surface area (Å²) in [5, 5.41) is 3.06. The average Bonchev–Trinajstić information content (AvgIpc) is 2.63. The summed E-state index contributed by atoms with van der Waals surface area (Å²) in [6.45, 7) is 1.97. The molecule has 3 rings (SSSR count). The average molecular weight is 488 g/mol. The molecule has 0 atom stereocenters.